The molecule has 13 heteroatoms. The van der Waals surface area contributed by atoms with Gasteiger partial charge in [-0.25, -0.2) is 18.8 Å². The first-order valence-electron chi connectivity index (χ1n) is 14.0. The lowest BCUT2D eigenvalue weighted by molar-refractivity contribution is -0.146. The Morgan fingerprint density at radius 2 is 1.79 bits per heavy atom. The summed E-state index contributed by atoms with van der Waals surface area (Å²) in [6.45, 7) is 15.3. The van der Waals surface area contributed by atoms with E-state index >= 15 is 0 Å². The van der Waals surface area contributed by atoms with Gasteiger partial charge in [0.25, 0.3) is 0 Å². The van der Waals surface area contributed by atoms with Gasteiger partial charge in [0.1, 0.15) is 35.1 Å². The van der Waals surface area contributed by atoms with E-state index in [2.05, 4.69) is 22.5 Å². The molecule has 1 saturated carbocycles. The number of nitrogens with zero attached hydrogens (tertiary/aromatic N) is 1. The number of halogens is 1. The summed E-state index contributed by atoms with van der Waals surface area (Å²) in [7, 11) is 0. The van der Waals surface area contributed by atoms with Gasteiger partial charge in [0.15, 0.2) is 0 Å². The van der Waals surface area contributed by atoms with E-state index in [0.717, 1.165) is 4.90 Å². The molecule has 1 aliphatic carbocycles. The number of carboxylic acid groups (broad SMARTS) is 1. The number of aliphatic carboxylic acids is 1. The standard InChI is InChI=1S/C30H41FN4O8/c1-9-17-14-30(17,25(38)39)34-23(36)21-13-18(42-26(40)32-20-12-16(2)10-11-19(20)31)15-35(21)24(37)22(28(3,4)5)33-27(41)43-29(6,7)8/h9-12,17-18,21-22H,1,13-15H2,2-8H3,(H,32,40)(H,33,41)(H,34,36)(H,38,39)/t17?,18-,21+,22-,30?/m1/s1. The van der Waals surface area contributed by atoms with Gasteiger partial charge in [-0.3, -0.25) is 14.9 Å². The maximum atomic E-state index is 14.2. The molecule has 1 aromatic rings. The first-order chi connectivity index (χ1) is 19.8. The van der Waals surface area contributed by atoms with E-state index in [1.54, 1.807) is 48.5 Å². The average molecular weight is 605 g/mol. The summed E-state index contributed by atoms with van der Waals surface area (Å²) in [4.78, 5) is 66.1. The lowest BCUT2D eigenvalue weighted by Crippen LogP contribution is -2.59. The van der Waals surface area contributed by atoms with Crippen LogP contribution in [0, 0.1) is 24.1 Å². The number of hydrogen-bond donors (Lipinski definition) is 4. The number of aryl methyl sites for hydroxylation is 1. The molecule has 4 N–H and O–H groups in total. The predicted octanol–water partition coefficient (Wildman–Crippen LogP) is 3.74. The van der Waals surface area contributed by atoms with Gasteiger partial charge in [0.05, 0.1) is 12.2 Å². The van der Waals surface area contributed by atoms with E-state index in [9.17, 15) is 33.5 Å². The monoisotopic (exact) mass is 604 g/mol. The summed E-state index contributed by atoms with van der Waals surface area (Å²) in [6.07, 6.45) is -1.45. The van der Waals surface area contributed by atoms with Crippen LogP contribution >= 0.6 is 0 Å². The van der Waals surface area contributed by atoms with Gasteiger partial charge in [0.2, 0.25) is 11.8 Å². The number of nitrogens with one attached hydrogen (secondary N) is 3. The molecule has 0 aromatic heterocycles. The third kappa shape index (κ3) is 8.02. The van der Waals surface area contributed by atoms with Crippen LogP contribution in [0.5, 0.6) is 0 Å². The first-order valence-corrected chi connectivity index (χ1v) is 14.0. The minimum Gasteiger partial charge on any atom is -0.479 e. The highest BCUT2D eigenvalue weighted by molar-refractivity contribution is 5.96. The molecule has 0 spiro atoms. The lowest BCUT2D eigenvalue weighted by atomic mass is 9.85. The first kappa shape index (κ1) is 33.3. The van der Waals surface area contributed by atoms with Crippen molar-refractivity contribution < 1.29 is 42.9 Å². The maximum absolute atomic E-state index is 14.2. The summed E-state index contributed by atoms with van der Waals surface area (Å²) in [5.41, 5.74) is -2.66. The number of carbonyl (C=O) groups is 5. The molecular formula is C30H41FN4O8. The molecule has 1 saturated heterocycles. The Kier molecular flexibility index (Phi) is 9.47. The quantitative estimate of drug-likeness (QED) is 0.326. The predicted molar refractivity (Wildman–Crippen MR) is 155 cm³/mol. The van der Waals surface area contributed by atoms with Crippen molar-refractivity contribution in [1.29, 1.82) is 0 Å². The molecule has 236 valence electrons. The molecule has 1 heterocycles. The van der Waals surface area contributed by atoms with Crippen LogP contribution in [0.4, 0.5) is 19.7 Å². The van der Waals surface area contributed by atoms with Crippen LogP contribution < -0.4 is 16.0 Å². The van der Waals surface area contributed by atoms with Gasteiger partial charge in [-0.2, -0.15) is 0 Å². The van der Waals surface area contributed by atoms with Crippen molar-refractivity contribution >= 4 is 35.7 Å². The van der Waals surface area contributed by atoms with E-state index < -0.39 is 76.4 Å². The minimum atomic E-state index is -1.56. The Hall–Kier alpha value is -4.16. The van der Waals surface area contributed by atoms with Crippen LogP contribution in [0.3, 0.4) is 0 Å². The summed E-state index contributed by atoms with van der Waals surface area (Å²) in [5.74, 6) is -3.84. The Labute approximate surface area is 250 Å². The number of carboxylic acids is 1. The number of alkyl carbamates (subject to hydrolysis) is 1. The fraction of sp³-hybridized carbons (Fsp3) is 0.567. The second kappa shape index (κ2) is 12.2. The highest BCUT2D eigenvalue weighted by Crippen LogP contribution is 2.45. The molecule has 0 radical (unpaired) electrons. The number of rotatable bonds is 8. The van der Waals surface area contributed by atoms with Crippen molar-refractivity contribution in [1.82, 2.24) is 15.5 Å². The molecular weight excluding hydrogens is 563 g/mol. The van der Waals surface area contributed by atoms with Crippen LogP contribution in [-0.2, 0) is 23.9 Å². The fourth-order valence-electron chi connectivity index (χ4n) is 4.96. The van der Waals surface area contributed by atoms with Gasteiger partial charge >= 0.3 is 18.2 Å². The van der Waals surface area contributed by atoms with Crippen molar-refractivity contribution in [2.24, 2.45) is 11.3 Å². The SMILES string of the molecule is C=CC1CC1(NC(=O)[C@@H]1C[C@@H](OC(=O)Nc2cc(C)ccc2F)CN1C(=O)[C@@H](NC(=O)OC(C)(C)C)C(C)(C)C)C(=O)O. The number of hydrogen-bond acceptors (Lipinski definition) is 7. The number of amides is 4. The van der Waals surface area contributed by atoms with Gasteiger partial charge < -0.3 is 30.1 Å². The Bertz CT molecular complexity index is 1300. The minimum absolute atomic E-state index is 0.104. The van der Waals surface area contributed by atoms with E-state index in [0.29, 0.717) is 5.56 Å². The number of ether oxygens (including phenoxy) is 2. The molecule has 12 nitrogen and oxygen atoms in total. The second-order valence-corrected chi connectivity index (χ2v) is 13.1. The number of likely N-dealkylation sites (tertiary alicyclic amines) is 1. The highest BCUT2D eigenvalue weighted by Gasteiger charge is 2.61. The second-order valence-electron chi connectivity index (χ2n) is 13.1. The summed E-state index contributed by atoms with van der Waals surface area (Å²) in [5, 5.41) is 17.3. The summed E-state index contributed by atoms with van der Waals surface area (Å²) < 4.78 is 25.0. The zero-order valence-electron chi connectivity index (χ0n) is 25.6. The van der Waals surface area contributed by atoms with E-state index in [1.807, 2.05) is 0 Å². The van der Waals surface area contributed by atoms with Crippen LogP contribution in [0.25, 0.3) is 0 Å². The third-order valence-electron chi connectivity index (χ3n) is 7.28. The van der Waals surface area contributed by atoms with Crippen molar-refractivity contribution in [3.63, 3.8) is 0 Å². The van der Waals surface area contributed by atoms with Gasteiger partial charge in [0, 0.05) is 12.3 Å². The van der Waals surface area contributed by atoms with Crippen molar-refractivity contribution in [3.8, 4) is 0 Å². The van der Waals surface area contributed by atoms with Gasteiger partial charge in [-0.1, -0.05) is 32.9 Å². The summed E-state index contributed by atoms with van der Waals surface area (Å²) >= 11 is 0. The molecule has 2 aliphatic rings. The molecule has 5 atom stereocenters. The van der Waals surface area contributed by atoms with E-state index in [-0.39, 0.29) is 25.1 Å². The summed E-state index contributed by atoms with van der Waals surface area (Å²) in [6, 6.07) is 1.74. The number of anilines is 1. The van der Waals surface area contributed by atoms with Crippen LogP contribution in [-0.4, -0.2) is 75.8 Å². The number of carbonyl (C=O) groups excluding carboxylic acids is 4. The lowest BCUT2D eigenvalue weighted by Gasteiger charge is -2.35. The Morgan fingerprint density at radius 3 is 2.33 bits per heavy atom. The number of benzene rings is 1. The largest absolute Gasteiger partial charge is 0.479 e. The normalized spacial score (nSPS) is 23.9. The average Bonchev–Trinajstić information content (AvgIpc) is 3.43. The van der Waals surface area contributed by atoms with Crippen LogP contribution in [0.15, 0.2) is 30.9 Å². The molecule has 4 amide bonds. The molecule has 2 fully saturated rings. The molecule has 1 aromatic carbocycles. The van der Waals surface area contributed by atoms with Crippen molar-refractivity contribution in [2.75, 3.05) is 11.9 Å². The fourth-order valence-corrected chi connectivity index (χ4v) is 4.96. The van der Waals surface area contributed by atoms with E-state index in [4.69, 9.17) is 9.47 Å². The zero-order chi connectivity index (χ0) is 32.5. The molecule has 1 aliphatic heterocycles. The Morgan fingerprint density at radius 1 is 1.14 bits per heavy atom. The van der Waals surface area contributed by atoms with Crippen molar-refractivity contribution in [3.05, 3.63) is 42.2 Å². The van der Waals surface area contributed by atoms with Crippen LogP contribution in [0.1, 0.15) is 59.9 Å². The molecule has 0 bridgehead atoms. The highest BCUT2D eigenvalue weighted by atomic mass is 19.1. The maximum Gasteiger partial charge on any atom is 0.412 e. The zero-order valence-corrected chi connectivity index (χ0v) is 25.6. The molecule has 3 rings (SSSR count). The topological polar surface area (TPSA) is 163 Å². The van der Waals surface area contributed by atoms with Gasteiger partial charge in [-0.15, -0.1) is 6.58 Å². The van der Waals surface area contributed by atoms with E-state index in [1.165, 1.54) is 24.3 Å². The molecule has 2 unspecified atom stereocenters. The smallest absolute Gasteiger partial charge is 0.412 e. The van der Waals surface area contributed by atoms with Crippen molar-refractivity contribution in [2.45, 2.75) is 90.6 Å². The van der Waals surface area contributed by atoms with Crippen LogP contribution in [0.2, 0.25) is 0 Å². The van der Waals surface area contributed by atoms with Gasteiger partial charge in [-0.05, 0) is 57.2 Å². The third-order valence-corrected chi connectivity index (χ3v) is 7.28. The molecule has 43 heavy (non-hydrogen) atoms. The Balaban J connectivity index is 1.87.